The van der Waals surface area contributed by atoms with Crippen molar-refractivity contribution in [2.24, 2.45) is 11.8 Å². The topological polar surface area (TPSA) is 73.2 Å². The van der Waals surface area contributed by atoms with Gasteiger partial charge in [-0.3, -0.25) is 9.69 Å². The minimum atomic E-state index is -0.157. The van der Waals surface area contributed by atoms with Crippen molar-refractivity contribution in [3.05, 3.63) is 29.3 Å². The van der Waals surface area contributed by atoms with Gasteiger partial charge >= 0.3 is 0 Å². The number of fused-ring (bicyclic) bond motifs is 2. The molecule has 27 heavy (non-hydrogen) atoms. The van der Waals surface area contributed by atoms with Crippen LogP contribution in [0.1, 0.15) is 24.8 Å². The average molecular weight is 366 g/mol. The van der Waals surface area contributed by atoms with Gasteiger partial charge in [-0.05, 0) is 36.9 Å². The van der Waals surface area contributed by atoms with Crippen LogP contribution in [0.15, 0.2) is 23.8 Å². The van der Waals surface area contributed by atoms with Gasteiger partial charge in [0, 0.05) is 30.0 Å². The molecule has 5 aliphatic heterocycles. The maximum Gasteiger partial charge on any atom is 0.229 e. The number of aromatic hydroxyl groups is 2. The second-order valence-electron chi connectivity index (χ2n) is 9.12. The SMILES string of the molecule is O=C1C[C@H]2OCC=C3CN4CC[C@]56c7cc(O)c(O)cc7N1[C@H]5[C@@H]2[C@H]3C[C@@H]46. The molecule has 5 heterocycles. The van der Waals surface area contributed by atoms with E-state index in [9.17, 15) is 15.0 Å². The number of piperidine rings is 2. The molecule has 0 radical (unpaired) electrons. The lowest BCUT2D eigenvalue weighted by atomic mass is 9.53. The second kappa shape index (κ2) is 4.50. The highest BCUT2D eigenvalue weighted by Crippen LogP contribution is 2.66. The highest BCUT2D eigenvalue weighted by Gasteiger charge is 2.71. The Bertz CT molecular complexity index is 942. The molecule has 7 rings (SSSR count). The van der Waals surface area contributed by atoms with Crippen molar-refractivity contribution in [3.8, 4) is 11.5 Å². The van der Waals surface area contributed by atoms with Crippen LogP contribution in [-0.2, 0) is 14.9 Å². The highest BCUT2D eigenvalue weighted by molar-refractivity contribution is 5.99. The summed E-state index contributed by atoms with van der Waals surface area (Å²) in [4.78, 5) is 17.8. The second-order valence-corrected chi connectivity index (χ2v) is 9.12. The lowest BCUT2D eigenvalue weighted by Gasteiger charge is -2.58. The molecule has 6 nitrogen and oxygen atoms in total. The zero-order valence-corrected chi connectivity index (χ0v) is 15.0. The Morgan fingerprint density at radius 1 is 1.22 bits per heavy atom. The van der Waals surface area contributed by atoms with Crippen molar-refractivity contribution in [2.75, 3.05) is 24.6 Å². The predicted octanol–water partition coefficient (Wildman–Crippen LogP) is 1.50. The normalized spacial score (nSPS) is 43.4. The van der Waals surface area contributed by atoms with Gasteiger partial charge in [0.1, 0.15) is 0 Å². The molecule has 6 aliphatic rings. The Kier molecular flexibility index (Phi) is 2.49. The number of amides is 1. The van der Waals surface area contributed by atoms with Crippen molar-refractivity contribution in [3.63, 3.8) is 0 Å². The Hall–Kier alpha value is -2.05. The van der Waals surface area contributed by atoms with E-state index in [-0.39, 0.29) is 35.0 Å². The third kappa shape index (κ3) is 1.49. The summed E-state index contributed by atoms with van der Waals surface area (Å²) in [5.41, 5.74) is 3.20. The van der Waals surface area contributed by atoms with Gasteiger partial charge in [-0.1, -0.05) is 11.6 Å². The van der Waals surface area contributed by atoms with E-state index in [4.69, 9.17) is 4.74 Å². The Balaban J connectivity index is 1.55. The average Bonchev–Trinajstić information content (AvgIpc) is 3.10. The van der Waals surface area contributed by atoms with E-state index in [0.29, 0.717) is 30.9 Å². The Morgan fingerprint density at radius 3 is 2.96 bits per heavy atom. The summed E-state index contributed by atoms with van der Waals surface area (Å²) in [6.45, 7) is 2.63. The van der Waals surface area contributed by atoms with Crippen LogP contribution in [-0.4, -0.2) is 58.9 Å². The van der Waals surface area contributed by atoms with Crippen LogP contribution >= 0.6 is 0 Å². The Labute approximate surface area is 157 Å². The van der Waals surface area contributed by atoms with Gasteiger partial charge in [0.05, 0.1) is 30.9 Å². The lowest BCUT2D eigenvalue weighted by molar-refractivity contribution is -0.132. The molecular formula is C21H22N2O4. The molecule has 6 heteroatoms. The first-order chi connectivity index (χ1) is 13.1. The largest absolute Gasteiger partial charge is 0.504 e. The number of ether oxygens (including phenoxy) is 1. The first-order valence-electron chi connectivity index (χ1n) is 10.0. The van der Waals surface area contributed by atoms with Crippen LogP contribution in [0.2, 0.25) is 0 Å². The summed E-state index contributed by atoms with van der Waals surface area (Å²) in [5.74, 6) is 0.633. The third-order valence-corrected chi connectivity index (χ3v) is 8.41. The number of benzene rings is 1. The number of hydrogen-bond donors (Lipinski definition) is 2. The van der Waals surface area contributed by atoms with Crippen LogP contribution in [0.5, 0.6) is 11.5 Å². The molecule has 1 amide bonds. The molecule has 1 spiro atoms. The summed E-state index contributed by atoms with van der Waals surface area (Å²) < 4.78 is 6.20. The molecule has 4 fully saturated rings. The van der Waals surface area contributed by atoms with Gasteiger partial charge in [-0.25, -0.2) is 0 Å². The van der Waals surface area contributed by atoms with Gasteiger partial charge in [-0.2, -0.15) is 0 Å². The van der Waals surface area contributed by atoms with E-state index < -0.39 is 0 Å². The van der Waals surface area contributed by atoms with Crippen LogP contribution in [0.4, 0.5) is 5.69 Å². The Morgan fingerprint density at radius 2 is 2.07 bits per heavy atom. The van der Waals surface area contributed by atoms with Crippen LogP contribution < -0.4 is 4.90 Å². The van der Waals surface area contributed by atoms with Crippen LogP contribution in [0.25, 0.3) is 0 Å². The lowest BCUT2D eigenvalue weighted by Crippen LogP contribution is -2.69. The fourth-order valence-corrected chi connectivity index (χ4v) is 7.57. The molecule has 1 saturated carbocycles. The minimum Gasteiger partial charge on any atom is -0.504 e. The van der Waals surface area contributed by atoms with Crippen molar-refractivity contribution in [1.82, 2.24) is 4.90 Å². The first kappa shape index (κ1) is 14.9. The van der Waals surface area contributed by atoms with Crippen molar-refractivity contribution in [2.45, 2.75) is 42.9 Å². The number of nitrogens with zero attached hydrogens (tertiary/aromatic N) is 2. The van der Waals surface area contributed by atoms with E-state index >= 15 is 0 Å². The van der Waals surface area contributed by atoms with Gasteiger partial charge in [-0.15, -0.1) is 0 Å². The van der Waals surface area contributed by atoms with Gasteiger partial charge in [0.25, 0.3) is 0 Å². The molecule has 6 atom stereocenters. The van der Waals surface area contributed by atoms with E-state index in [1.54, 1.807) is 12.1 Å². The van der Waals surface area contributed by atoms with Gasteiger partial charge in [0.15, 0.2) is 11.5 Å². The zero-order valence-electron chi connectivity index (χ0n) is 15.0. The smallest absolute Gasteiger partial charge is 0.229 e. The molecule has 140 valence electrons. The summed E-state index contributed by atoms with van der Waals surface area (Å²) in [5, 5.41) is 20.5. The van der Waals surface area contributed by atoms with E-state index in [1.165, 1.54) is 5.57 Å². The molecule has 1 aromatic carbocycles. The van der Waals surface area contributed by atoms with E-state index in [1.807, 2.05) is 4.90 Å². The highest BCUT2D eigenvalue weighted by atomic mass is 16.5. The third-order valence-electron chi connectivity index (χ3n) is 8.41. The summed E-state index contributed by atoms with van der Waals surface area (Å²) in [6, 6.07) is 3.79. The van der Waals surface area contributed by atoms with Crippen molar-refractivity contribution < 1.29 is 19.7 Å². The predicted molar refractivity (Wildman–Crippen MR) is 96.7 cm³/mol. The molecule has 0 unspecified atom stereocenters. The fourth-order valence-electron chi connectivity index (χ4n) is 7.57. The number of anilines is 1. The molecule has 2 bridgehead atoms. The number of phenols is 2. The fraction of sp³-hybridized carbons (Fsp3) is 0.571. The standard InChI is InChI=1S/C21H22N2O4/c24-14-6-12-13(7-15(14)25)23-18(26)8-16-19-11-5-17-21(12,20(19)23)2-3-22(17)9-10(11)1-4-27-16/h1,6-7,11,16-17,19-20,24-25H,2-5,8-9H2/t11-,16+,17+,19+,20-,21+/m0/s1. The van der Waals surface area contributed by atoms with E-state index in [0.717, 1.165) is 37.2 Å². The first-order valence-corrected chi connectivity index (χ1v) is 10.0. The molecule has 2 N–H and O–H groups in total. The van der Waals surface area contributed by atoms with Gasteiger partial charge in [0.2, 0.25) is 5.91 Å². The zero-order chi connectivity index (χ0) is 18.1. The number of rotatable bonds is 0. The molecule has 3 saturated heterocycles. The molecule has 1 aromatic rings. The van der Waals surface area contributed by atoms with Gasteiger partial charge < -0.3 is 19.8 Å². The minimum absolute atomic E-state index is 0.0287. The number of hydrogen-bond acceptors (Lipinski definition) is 5. The summed E-state index contributed by atoms with van der Waals surface area (Å²) in [7, 11) is 0. The maximum absolute atomic E-state index is 13.2. The van der Waals surface area contributed by atoms with Crippen molar-refractivity contribution in [1.29, 1.82) is 0 Å². The van der Waals surface area contributed by atoms with Crippen LogP contribution in [0.3, 0.4) is 0 Å². The molecule has 0 aromatic heterocycles. The quantitative estimate of drug-likeness (QED) is 0.538. The summed E-state index contributed by atoms with van der Waals surface area (Å²) in [6.07, 6.45) is 4.74. The van der Waals surface area contributed by atoms with Crippen LogP contribution in [0, 0.1) is 11.8 Å². The number of carbonyl (C=O) groups is 1. The monoisotopic (exact) mass is 366 g/mol. The summed E-state index contributed by atoms with van der Waals surface area (Å²) >= 11 is 0. The van der Waals surface area contributed by atoms with Crippen molar-refractivity contribution >= 4 is 11.6 Å². The molecular weight excluding hydrogens is 344 g/mol. The number of phenolic OH excluding ortho intramolecular Hbond substituents is 2. The number of carbonyl (C=O) groups excluding carboxylic acids is 1. The maximum atomic E-state index is 13.2. The van der Waals surface area contributed by atoms with E-state index in [2.05, 4.69) is 11.0 Å². The molecule has 1 aliphatic carbocycles.